The Hall–Kier alpha value is -3.34. The van der Waals surface area contributed by atoms with E-state index >= 15 is 0 Å². The summed E-state index contributed by atoms with van der Waals surface area (Å²) in [6, 6.07) is 3.85. The van der Waals surface area contributed by atoms with Gasteiger partial charge in [0.1, 0.15) is 0 Å². The minimum atomic E-state index is -2.08. The average molecular weight is 540 g/mol. The molecule has 1 unspecified atom stereocenters. The van der Waals surface area contributed by atoms with Gasteiger partial charge in [0.25, 0.3) is 5.72 Å². The first-order valence-electron chi connectivity index (χ1n) is 13.2. The van der Waals surface area contributed by atoms with Gasteiger partial charge in [-0.05, 0) is 50.3 Å². The molecule has 2 atom stereocenters. The van der Waals surface area contributed by atoms with Crippen LogP contribution in [0.1, 0.15) is 85.1 Å². The Morgan fingerprint density at radius 2 is 1.47 bits per heavy atom. The summed E-state index contributed by atoms with van der Waals surface area (Å²) in [6.07, 6.45) is 1.70. The van der Waals surface area contributed by atoms with E-state index in [4.69, 9.17) is 23.7 Å². The second-order valence-electron chi connectivity index (χ2n) is 8.88. The Morgan fingerprint density at radius 3 is 1.97 bits per heavy atom. The number of carboxylic acid groups (broad SMARTS) is 1. The molecule has 0 radical (unpaired) electrons. The second-order valence-corrected chi connectivity index (χ2v) is 8.88. The first-order valence-corrected chi connectivity index (χ1v) is 13.2. The topological polar surface area (TPSA) is 147 Å². The van der Waals surface area contributed by atoms with Gasteiger partial charge < -0.3 is 28.8 Å². The van der Waals surface area contributed by atoms with Gasteiger partial charge in [-0.25, -0.2) is 14.4 Å². The number of hydrogen-bond donors (Lipinski definition) is 2. The number of carbonyl (C=O) groups is 4. The highest BCUT2D eigenvalue weighted by Gasteiger charge is 2.44. The first-order chi connectivity index (χ1) is 18.1. The van der Waals surface area contributed by atoms with Gasteiger partial charge in [0.15, 0.2) is 11.5 Å². The fourth-order valence-electron chi connectivity index (χ4n) is 3.20. The molecule has 0 fully saturated rings. The van der Waals surface area contributed by atoms with Crippen LogP contribution in [-0.4, -0.2) is 54.3 Å². The quantitative estimate of drug-likeness (QED) is 0.0865. The molecule has 2 N–H and O–H groups in total. The first kappa shape index (κ1) is 32.7. The van der Waals surface area contributed by atoms with Gasteiger partial charge >= 0.3 is 24.2 Å². The molecular weight excluding hydrogens is 498 g/mol. The molecule has 0 saturated heterocycles. The maximum Gasteiger partial charge on any atom is 0.513 e. The van der Waals surface area contributed by atoms with E-state index in [1.165, 1.54) is 18.2 Å². The zero-order valence-electron chi connectivity index (χ0n) is 23.0. The van der Waals surface area contributed by atoms with Crippen LogP contribution in [0.25, 0.3) is 0 Å². The lowest BCUT2D eigenvalue weighted by atomic mass is 10.00. The molecule has 38 heavy (non-hydrogen) atoms. The summed E-state index contributed by atoms with van der Waals surface area (Å²) in [4.78, 5) is 49.2. The summed E-state index contributed by atoms with van der Waals surface area (Å²) in [7, 11) is 0. The third-order valence-corrected chi connectivity index (χ3v) is 5.46. The Morgan fingerprint density at radius 1 is 0.895 bits per heavy atom. The van der Waals surface area contributed by atoms with Crippen molar-refractivity contribution in [3.63, 3.8) is 0 Å². The number of esters is 1. The molecule has 214 valence electrons. The Balaban J connectivity index is 3.34. The van der Waals surface area contributed by atoms with E-state index in [-0.39, 0.29) is 43.6 Å². The molecule has 0 bridgehead atoms. The smallest absolute Gasteiger partial charge is 0.477 e. The molecule has 0 aromatic heterocycles. The van der Waals surface area contributed by atoms with Crippen molar-refractivity contribution in [2.45, 2.75) is 97.8 Å². The number of nitrogens with one attached hydrogen (secondary N) is 1. The summed E-state index contributed by atoms with van der Waals surface area (Å²) in [5, 5.41) is 13.0. The minimum Gasteiger partial charge on any atom is -0.477 e. The average Bonchev–Trinajstić information content (AvgIpc) is 2.85. The lowest BCUT2D eigenvalue weighted by Crippen LogP contribution is -2.59. The highest BCUT2D eigenvalue weighted by molar-refractivity contribution is 5.82. The van der Waals surface area contributed by atoms with Crippen LogP contribution in [0.5, 0.6) is 11.5 Å². The fourth-order valence-corrected chi connectivity index (χ4v) is 3.20. The summed E-state index contributed by atoms with van der Waals surface area (Å²) in [5.41, 5.74) is -1.75. The summed E-state index contributed by atoms with van der Waals surface area (Å²) < 4.78 is 26.0. The van der Waals surface area contributed by atoms with Gasteiger partial charge in [-0.15, -0.1) is 0 Å². The molecule has 0 aliphatic carbocycles. The number of unbranched alkanes of at least 4 members (excludes halogenated alkanes) is 2. The number of carboxylic acids is 1. The van der Waals surface area contributed by atoms with E-state index in [0.29, 0.717) is 31.2 Å². The predicted molar refractivity (Wildman–Crippen MR) is 138 cm³/mol. The van der Waals surface area contributed by atoms with Gasteiger partial charge in [-0.1, -0.05) is 46.6 Å². The lowest BCUT2D eigenvalue weighted by molar-refractivity contribution is -0.184. The minimum absolute atomic E-state index is 0.0437. The van der Waals surface area contributed by atoms with E-state index < -0.39 is 30.0 Å². The van der Waals surface area contributed by atoms with Crippen LogP contribution in [0.4, 0.5) is 9.59 Å². The number of benzene rings is 1. The molecule has 0 heterocycles. The van der Waals surface area contributed by atoms with Crippen molar-refractivity contribution < 1.29 is 48.0 Å². The van der Waals surface area contributed by atoms with Gasteiger partial charge in [0.2, 0.25) is 0 Å². The zero-order chi connectivity index (χ0) is 28.6. The van der Waals surface area contributed by atoms with Crippen LogP contribution in [0.2, 0.25) is 0 Å². The monoisotopic (exact) mass is 539 g/mol. The van der Waals surface area contributed by atoms with Crippen molar-refractivity contribution in [2.24, 2.45) is 0 Å². The van der Waals surface area contributed by atoms with E-state index in [0.717, 1.165) is 12.8 Å². The fraction of sp³-hybridized carbons (Fsp3) is 0.630. The molecule has 0 spiro atoms. The van der Waals surface area contributed by atoms with Gasteiger partial charge in [0, 0.05) is 18.9 Å². The number of carbonyl (C=O) groups excluding carboxylic acids is 3. The maximum absolute atomic E-state index is 12.4. The van der Waals surface area contributed by atoms with Gasteiger partial charge in [-0.2, -0.15) is 0 Å². The third kappa shape index (κ3) is 11.4. The van der Waals surface area contributed by atoms with Crippen molar-refractivity contribution in [1.29, 1.82) is 0 Å². The molecule has 11 heteroatoms. The largest absolute Gasteiger partial charge is 0.513 e. The van der Waals surface area contributed by atoms with Crippen molar-refractivity contribution in [3.8, 4) is 11.5 Å². The molecule has 0 aliphatic rings. The Labute approximate surface area is 224 Å². The lowest BCUT2D eigenvalue weighted by Gasteiger charge is -2.33. The Bertz CT molecular complexity index is 919. The molecule has 1 rings (SSSR count). The molecule has 0 aliphatic heterocycles. The second kappa shape index (κ2) is 17.2. The van der Waals surface area contributed by atoms with Crippen LogP contribution in [0, 0.1) is 0 Å². The van der Waals surface area contributed by atoms with Crippen molar-refractivity contribution in [2.75, 3.05) is 13.2 Å². The molecule has 0 amide bonds. The number of rotatable bonds is 17. The SMILES string of the molecule is CCCCOC(=O)Oc1ccc(C[C@](NC(C)CC)(OC(=O)CCC)C(=O)O)cc1OC(=O)OCCCC. The standard InChI is InChI=1S/C27H41NO10/c1-6-10-15-34-25(32)36-21-14-13-20(17-22(21)37-26(33)35-16-11-7-2)18-27(24(30)31,28-19(5)9-4)38-23(29)12-8-3/h13-14,17,19,28H,6-12,15-16,18H2,1-5H3,(H,30,31)/t19?,27-/m0/s1. The molecule has 1 aromatic rings. The third-order valence-electron chi connectivity index (χ3n) is 5.46. The van der Waals surface area contributed by atoms with Crippen LogP contribution in [0.15, 0.2) is 18.2 Å². The highest BCUT2D eigenvalue weighted by atomic mass is 16.7. The van der Waals surface area contributed by atoms with Gasteiger partial charge in [0.05, 0.1) is 13.2 Å². The van der Waals surface area contributed by atoms with E-state index in [9.17, 15) is 24.3 Å². The van der Waals surface area contributed by atoms with Crippen molar-refractivity contribution in [3.05, 3.63) is 23.8 Å². The maximum atomic E-state index is 12.4. The van der Waals surface area contributed by atoms with Crippen LogP contribution >= 0.6 is 0 Å². The zero-order valence-corrected chi connectivity index (χ0v) is 23.0. The van der Waals surface area contributed by atoms with E-state index in [2.05, 4.69) is 5.32 Å². The van der Waals surface area contributed by atoms with Gasteiger partial charge in [-0.3, -0.25) is 10.1 Å². The predicted octanol–water partition coefficient (Wildman–Crippen LogP) is 5.37. The van der Waals surface area contributed by atoms with Crippen molar-refractivity contribution in [1.82, 2.24) is 5.32 Å². The highest BCUT2D eigenvalue weighted by Crippen LogP contribution is 2.31. The molecule has 0 saturated carbocycles. The number of hydrogen-bond acceptors (Lipinski definition) is 10. The van der Waals surface area contributed by atoms with Crippen molar-refractivity contribution >= 4 is 24.2 Å². The van der Waals surface area contributed by atoms with Crippen LogP contribution in [-0.2, 0) is 30.2 Å². The number of aliphatic carboxylic acids is 1. The van der Waals surface area contributed by atoms with E-state index in [1.807, 2.05) is 20.8 Å². The summed E-state index contributed by atoms with van der Waals surface area (Å²) in [6.45, 7) is 9.58. The molecule has 11 nitrogen and oxygen atoms in total. The Kier molecular flexibility index (Phi) is 14.8. The number of ether oxygens (including phenoxy) is 5. The van der Waals surface area contributed by atoms with Crippen LogP contribution in [0.3, 0.4) is 0 Å². The van der Waals surface area contributed by atoms with Crippen LogP contribution < -0.4 is 14.8 Å². The summed E-state index contributed by atoms with van der Waals surface area (Å²) in [5.74, 6) is -2.36. The van der Waals surface area contributed by atoms with E-state index in [1.54, 1.807) is 13.8 Å². The molecular formula is C27H41NO10. The molecule has 1 aromatic carbocycles. The summed E-state index contributed by atoms with van der Waals surface area (Å²) >= 11 is 0. The normalized spacial score (nSPS) is 13.1.